The Labute approximate surface area is 248 Å². The molecule has 0 amide bonds. The molecule has 0 bridgehead atoms. The molecule has 0 aliphatic heterocycles. The molecule has 0 aliphatic rings. The van der Waals surface area contributed by atoms with E-state index in [1.54, 1.807) is 19.9 Å². The highest BCUT2D eigenvalue weighted by Crippen LogP contribution is 2.30. The van der Waals surface area contributed by atoms with Crippen LogP contribution in [0.4, 0.5) is 14.4 Å². The molecule has 0 aromatic heterocycles. The highest BCUT2D eigenvalue weighted by Gasteiger charge is 2.25. The maximum absolute atomic E-state index is 12.6. The minimum atomic E-state index is -1.11. The molecular weight excluding hydrogens is 550 g/mol. The molecular formula is C30H47NO11. The van der Waals surface area contributed by atoms with E-state index < -0.39 is 42.7 Å². The van der Waals surface area contributed by atoms with E-state index in [2.05, 4.69) is 0 Å². The van der Waals surface area contributed by atoms with E-state index in [9.17, 15) is 19.2 Å². The lowest BCUT2D eigenvalue weighted by molar-refractivity contribution is -0.155. The van der Waals surface area contributed by atoms with Crippen LogP contribution in [0.5, 0.6) is 11.5 Å². The van der Waals surface area contributed by atoms with Crippen LogP contribution in [0.25, 0.3) is 0 Å². The third-order valence-corrected chi connectivity index (χ3v) is 5.76. The van der Waals surface area contributed by atoms with Gasteiger partial charge in [0.15, 0.2) is 11.5 Å². The molecule has 0 spiro atoms. The first-order chi connectivity index (χ1) is 19.7. The van der Waals surface area contributed by atoms with Gasteiger partial charge in [-0.15, -0.1) is 0 Å². The van der Waals surface area contributed by atoms with Crippen molar-refractivity contribution in [3.8, 4) is 11.5 Å². The molecule has 3 atom stereocenters. The van der Waals surface area contributed by atoms with Crippen LogP contribution in [0.1, 0.15) is 73.8 Å². The van der Waals surface area contributed by atoms with E-state index in [0.29, 0.717) is 30.2 Å². The van der Waals surface area contributed by atoms with Crippen molar-refractivity contribution in [2.45, 2.75) is 92.9 Å². The Morgan fingerprint density at radius 1 is 0.667 bits per heavy atom. The smallest absolute Gasteiger partial charge is 0.458 e. The Morgan fingerprint density at radius 3 is 1.71 bits per heavy atom. The first-order valence-corrected chi connectivity index (χ1v) is 14.3. The Balaban J connectivity index is 2.88. The van der Waals surface area contributed by atoms with Crippen molar-refractivity contribution in [3.05, 3.63) is 23.8 Å². The lowest BCUT2D eigenvalue weighted by Crippen LogP contribution is -2.39. The summed E-state index contributed by atoms with van der Waals surface area (Å²) >= 11 is 0. The number of carbonyl (C=O) groups excluding carboxylic acids is 4. The molecule has 0 unspecified atom stereocenters. The first kappa shape index (κ1) is 36.5. The topological polar surface area (TPSA) is 159 Å². The van der Waals surface area contributed by atoms with Crippen LogP contribution >= 0.6 is 0 Å². The standard InChI is InChI=1S/C30H47NO11/c1-18(2)11-13-36-28(33)41-25-10-9-23(16-26(25)42-29(34)37-14-12-19(3)4)15-24(31)27(32)39-21(7)22(8)40-30(35)38-17-20(5)6/h9-10,16,18-22,24H,11-15,17,31H2,1-8H3/t21-,22-,24-/m0/s1. The summed E-state index contributed by atoms with van der Waals surface area (Å²) in [6.07, 6.45) is -3.09. The van der Waals surface area contributed by atoms with Gasteiger partial charge in [-0.1, -0.05) is 47.6 Å². The van der Waals surface area contributed by atoms with E-state index in [-0.39, 0.29) is 43.7 Å². The quantitative estimate of drug-likeness (QED) is 0.139. The second kappa shape index (κ2) is 18.8. The van der Waals surface area contributed by atoms with Gasteiger partial charge in [0, 0.05) is 0 Å². The van der Waals surface area contributed by atoms with E-state index >= 15 is 0 Å². The van der Waals surface area contributed by atoms with Gasteiger partial charge in [-0.05, 0) is 68.6 Å². The SMILES string of the molecule is CC(C)CCOC(=O)Oc1ccc(C[C@H](N)C(=O)O[C@@H](C)[C@H](C)OC(=O)OCC(C)C)cc1OC(=O)OCCC(C)C. The van der Waals surface area contributed by atoms with Gasteiger partial charge in [0.1, 0.15) is 18.2 Å². The predicted molar refractivity (Wildman–Crippen MR) is 153 cm³/mol. The van der Waals surface area contributed by atoms with Crippen molar-refractivity contribution in [1.82, 2.24) is 0 Å². The number of esters is 1. The zero-order chi connectivity index (χ0) is 31.8. The third-order valence-electron chi connectivity index (χ3n) is 5.76. The molecule has 42 heavy (non-hydrogen) atoms. The second-order valence-corrected chi connectivity index (χ2v) is 11.3. The summed E-state index contributed by atoms with van der Waals surface area (Å²) in [4.78, 5) is 48.9. The van der Waals surface area contributed by atoms with Crippen LogP contribution in [0.3, 0.4) is 0 Å². The van der Waals surface area contributed by atoms with Crippen molar-refractivity contribution in [2.24, 2.45) is 23.5 Å². The zero-order valence-corrected chi connectivity index (χ0v) is 26.0. The van der Waals surface area contributed by atoms with Gasteiger partial charge in [-0.3, -0.25) is 4.79 Å². The highest BCUT2D eigenvalue weighted by molar-refractivity contribution is 5.76. The van der Waals surface area contributed by atoms with Crippen LogP contribution in [-0.4, -0.2) is 62.5 Å². The molecule has 0 saturated carbocycles. The van der Waals surface area contributed by atoms with Crippen molar-refractivity contribution < 1.29 is 52.3 Å². The van der Waals surface area contributed by atoms with Gasteiger partial charge in [0.2, 0.25) is 0 Å². The van der Waals surface area contributed by atoms with Gasteiger partial charge in [-0.2, -0.15) is 0 Å². The summed E-state index contributed by atoms with van der Waals surface area (Å²) in [5, 5.41) is 0. The molecule has 1 aromatic rings. The molecule has 0 fully saturated rings. The average molecular weight is 598 g/mol. The van der Waals surface area contributed by atoms with Crippen LogP contribution in [-0.2, 0) is 34.9 Å². The van der Waals surface area contributed by atoms with Gasteiger partial charge < -0.3 is 38.9 Å². The van der Waals surface area contributed by atoms with Crippen LogP contribution in [0.2, 0.25) is 0 Å². The van der Waals surface area contributed by atoms with E-state index in [1.165, 1.54) is 12.1 Å². The fourth-order valence-electron chi connectivity index (χ4n) is 3.06. The molecule has 12 nitrogen and oxygen atoms in total. The number of carbonyl (C=O) groups is 4. The van der Waals surface area contributed by atoms with Gasteiger partial charge in [0.05, 0.1) is 19.8 Å². The van der Waals surface area contributed by atoms with Crippen molar-refractivity contribution in [3.63, 3.8) is 0 Å². The Hall–Kier alpha value is -3.54. The molecule has 0 radical (unpaired) electrons. The van der Waals surface area contributed by atoms with E-state index in [4.69, 9.17) is 38.9 Å². The van der Waals surface area contributed by atoms with Gasteiger partial charge >= 0.3 is 24.4 Å². The maximum atomic E-state index is 12.6. The zero-order valence-electron chi connectivity index (χ0n) is 26.0. The number of hydrogen-bond donors (Lipinski definition) is 1. The third kappa shape index (κ3) is 15.5. The fraction of sp³-hybridized carbons (Fsp3) is 0.667. The molecule has 0 aliphatic carbocycles. The summed E-state index contributed by atoms with van der Waals surface area (Å²) in [6, 6.07) is 3.26. The summed E-state index contributed by atoms with van der Waals surface area (Å²) in [7, 11) is 0. The molecule has 0 saturated heterocycles. The molecule has 2 N–H and O–H groups in total. The number of nitrogens with two attached hydrogens (primary N) is 1. The van der Waals surface area contributed by atoms with Crippen molar-refractivity contribution >= 4 is 24.4 Å². The summed E-state index contributed by atoms with van der Waals surface area (Å²) in [6.45, 7) is 15.4. The predicted octanol–water partition coefficient (Wildman–Crippen LogP) is 5.81. The van der Waals surface area contributed by atoms with Crippen LogP contribution in [0, 0.1) is 17.8 Å². The largest absolute Gasteiger partial charge is 0.513 e. The Morgan fingerprint density at radius 2 is 1.19 bits per heavy atom. The fourth-order valence-corrected chi connectivity index (χ4v) is 3.06. The minimum absolute atomic E-state index is 0.00487. The molecule has 1 rings (SSSR count). The normalized spacial score (nSPS) is 13.2. The van der Waals surface area contributed by atoms with Crippen molar-refractivity contribution in [2.75, 3.05) is 19.8 Å². The van der Waals surface area contributed by atoms with E-state index in [0.717, 1.165) is 0 Å². The Kier molecular flexibility index (Phi) is 16.3. The lowest BCUT2D eigenvalue weighted by Gasteiger charge is -2.22. The van der Waals surface area contributed by atoms with Gasteiger partial charge in [-0.25, -0.2) is 14.4 Å². The number of ether oxygens (including phenoxy) is 7. The lowest BCUT2D eigenvalue weighted by atomic mass is 10.1. The Bertz CT molecular complexity index is 1010. The molecule has 238 valence electrons. The second-order valence-electron chi connectivity index (χ2n) is 11.3. The summed E-state index contributed by atoms with van der Waals surface area (Å²) < 4.78 is 36.3. The first-order valence-electron chi connectivity index (χ1n) is 14.3. The van der Waals surface area contributed by atoms with E-state index in [1.807, 2.05) is 41.5 Å². The number of hydrogen-bond acceptors (Lipinski definition) is 12. The monoisotopic (exact) mass is 597 g/mol. The number of benzene rings is 1. The summed E-state index contributed by atoms with van der Waals surface area (Å²) in [5.74, 6) is -0.131. The maximum Gasteiger partial charge on any atom is 0.513 e. The molecule has 1 aromatic carbocycles. The van der Waals surface area contributed by atoms with Gasteiger partial charge in [0.25, 0.3) is 0 Å². The van der Waals surface area contributed by atoms with Crippen molar-refractivity contribution in [1.29, 1.82) is 0 Å². The minimum Gasteiger partial charge on any atom is -0.458 e. The number of rotatable bonds is 16. The highest BCUT2D eigenvalue weighted by atomic mass is 16.7. The summed E-state index contributed by atoms with van der Waals surface area (Å²) in [5.41, 5.74) is 6.56. The molecule has 12 heteroatoms. The van der Waals surface area contributed by atoms with Crippen LogP contribution in [0.15, 0.2) is 18.2 Å². The molecule has 0 heterocycles. The van der Waals surface area contributed by atoms with Crippen LogP contribution < -0.4 is 15.2 Å². The average Bonchev–Trinajstić information content (AvgIpc) is 2.88.